The quantitative estimate of drug-likeness (QED) is 0.409. The van der Waals surface area contributed by atoms with Crippen molar-refractivity contribution in [2.75, 3.05) is 59.6 Å². The molecule has 0 N–H and O–H groups in total. The first-order valence-electron chi connectivity index (χ1n) is 5.61. The SMILES string of the molecule is COCCN(CCOCCCl)C(C)COC. The molecule has 0 aromatic rings. The zero-order valence-electron chi connectivity index (χ0n) is 10.6. The standard InChI is InChI=1S/C11H24ClNO3/c1-11(10-15-3)13(5-8-14-2)6-9-16-7-4-12/h11H,4-10H2,1-3H3. The molecule has 0 fully saturated rings. The molecular weight excluding hydrogens is 230 g/mol. The number of nitrogens with zero attached hydrogens (tertiary/aromatic N) is 1. The second-order valence-electron chi connectivity index (χ2n) is 3.63. The Labute approximate surface area is 104 Å². The molecule has 4 nitrogen and oxygen atoms in total. The van der Waals surface area contributed by atoms with E-state index in [4.69, 9.17) is 25.8 Å². The van der Waals surface area contributed by atoms with Gasteiger partial charge in [0.25, 0.3) is 0 Å². The monoisotopic (exact) mass is 253 g/mol. The van der Waals surface area contributed by atoms with Gasteiger partial charge >= 0.3 is 0 Å². The van der Waals surface area contributed by atoms with E-state index < -0.39 is 0 Å². The molecular formula is C11H24ClNO3. The fraction of sp³-hybridized carbons (Fsp3) is 1.00. The zero-order valence-corrected chi connectivity index (χ0v) is 11.3. The van der Waals surface area contributed by atoms with Gasteiger partial charge in [-0.25, -0.2) is 0 Å². The summed E-state index contributed by atoms with van der Waals surface area (Å²) in [5, 5.41) is 0. The van der Waals surface area contributed by atoms with Crippen molar-refractivity contribution < 1.29 is 14.2 Å². The first-order chi connectivity index (χ1) is 7.76. The highest BCUT2D eigenvalue weighted by molar-refractivity contribution is 6.17. The number of ether oxygens (including phenoxy) is 3. The molecule has 0 amide bonds. The number of hydrogen-bond acceptors (Lipinski definition) is 4. The summed E-state index contributed by atoms with van der Waals surface area (Å²) in [6.45, 7) is 6.67. The van der Waals surface area contributed by atoms with Crippen LogP contribution >= 0.6 is 11.6 Å². The van der Waals surface area contributed by atoms with Gasteiger partial charge in [-0.15, -0.1) is 11.6 Å². The summed E-state index contributed by atoms with van der Waals surface area (Å²) < 4.78 is 15.6. The van der Waals surface area contributed by atoms with E-state index in [0.29, 0.717) is 25.1 Å². The minimum Gasteiger partial charge on any atom is -0.383 e. The average molecular weight is 254 g/mol. The summed E-state index contributed by atoms with van der Waals surface area (Å²) in [5.74, 6) is 0.547. The van der Waals surface area contributed by atoms with E-state index in [1.165, 1.54) is 0 Å². The van der Waals surface area contributed by atoms with Crippen LogP contribution in [0.5, 0.6) is 0 Å². The van der Waals surface area contributed by atoms with Crippen LogP contribution in [-0.2, 0) is 14.2 Å². The Kier molecular flexibility index (Phi) is 11.7. The number of alkyl halides is 1. The smallest absolute Gasteiger partial charge is 0.0615 e. The summed E-state index contributed by atoms with van der Waals surface area (Å²) in [5.41, 5.74) is 0. The van der Waals surface area contributed by atoms with Crippen LogP contribution in [0.3, 0.4) is 0 Å². The Balaban J connectivity index is 3.79. The fourth-order valence-electron chi connectivity index (χ4n) is 1.45. The minimum atomic E-state index is 0.375. The van der Waals surface area contributed by atoms with Gasteiger partial charge in [0.2, 0.25) is 0 Å². The Bertz CT molecular complexity index is 149. The van der Waals surface area contributed by atoms with Crippen LogP contribution in [0.1, 0.15) is 6.92 Å². The van der Waals surface area contributed by atoms with Crippen LogP contribution in [-0.4, -0.2) is 70.6 Å². The second kappa shape index (κ2) is 11.6. The Morgan fingerprint density at radius 3 is 2.31 bits per heavy atom. The lowest BCUT2D eigenvalue weighted by Crippen LogP contribution is -2.40. The Morgan fingerprint density at radius 1 is 1.06 bits per heavy atom. The molecule has 0 saturated heterocycles. The van der Waals surface area contributed by atoms with Gasteiger partial charge in [0, 0.05) is 39.2 Å². The predicted molar refractivity (Wildman–Crippen MR) is 66.3 cm³/mol. The molecule has 1 unspecified atom stereocenters. The van der Waals surface area contributed by atoms with Gasteiger partial charge < -0.3 is 14.2 Å². The van der Waals surface area contributed by atoms with E-state index in [9.17, 15) is 0 Å². The maximum Gasteiger partial charge on any atom is 0.0615 e. The zero-order chi connectivity index (χ0) is 12.2. The molecule has 0 saturated carbocycles. The maximum atomic E-state index is 5.53. The lowest BCUT2D eigenvalue weighted by molar-refractivity contribution is 0.0482. The molecule has 16 heavy (non-hydrogen) atoms. The Hall–Kier alpha value is 0.130. The second-order valence-corrected chi connectivity index (χ2v) is 4.01. The summed E-state index contributed by atoms with van der Waals surface area (Å²) >= 11 is 5.53. The third kappa shape index (κ3) is 8.30. The van der Waals surface area contributed by atoms with Crippen LogP contribution in [0.25, 0.3) is 0 Å². The molecule has 0 aromatic heterocycles. The molecule has 1 atom stereocenters. The number of hydrogen-bond donors (Lipinski definition) is 0. The largest absolute Gasteiger partial charge is 0.383 e. The van der Waals surface area contributed by atoms with Crippen molar-refractivity contribution in [1.82, 2.24) is 4.90 Å². The van der Waals surface area contributed by atoms with Crippen LogP contribution in [0.15, 0.2) is 0 Å². The summed E-state index contributed by atoms with van der Waals surface area (Å²) in [4.78, 5) is 2.29. The van der Waals surface area contributed by atoms with Gasteiger partial charge in [-0.05, 0) is 6.92 Å². The third-order valence-electron chi connectivity index (χ3n) is 2.36. The first kappa shape index (κ1) is 16.1. The highest BCUT2D eigenvalue weighted by atomic mass is 35.5. The van der Waals surface area contributed by atoms with Crippen LogP contribution in [0, 0.1) is 0 Å². The maximum absolute atomic E-state index is 5.53. The fourth-order valence-corrected chi connectivity index (χ4v) is 1.56. The highest BCUT2D eigenvalue weighted by Gasteiger charge is 2.12. The Morgan fingerprint density at radius 2 is 1.75 bits per heavy atom. The minimum absolute atomic E-state index is 0.375. The van der Waals surface area contributed by atoms with Crippen molar-refractivity contribution >= 4 is 11.6 Å². The van der Waals surface area contributed by atoms with Crippen molar-refractivity contribution in [3.63, 3.8) is 0 Å². The molecule has 0 radical (unpaired) electrons. The molecule has 0 aliphatic heterocycles. The summed E-state index contributed by atoms with van der Waals surface area (Å²) in [6, 6.07) is 0.375. The first-order valence-corrected chi connectivity index (χ1v) is 6.15. The normalized spacial score (nSPS) is 13.3. The number of rotatable bonds is 11. The van der Waals surface area contributed by atoms with Crippen LogP contribution < -0.4 is 0 Å². The molecule has 0 aliphatic rings. The van der Waals surface area contributed by atoms with Crippen LogP contribution in [0.2, 0.25) is 0 Å². The molecule has 0 rings (SSSR count). The lowest BCUT2D eigenvalue weighted by Gasteiger charge is -2.28. The molecule has 5 heteroatoms. The molecule has 0 bridgehead atoms. The molecule has 0 aliphatic carbocycles. The third-order valence-corrected chi connectivity index (χ3v) is 2.51. The van der Waals surface area contributed by atoms with Crippen molar-refractivity contribution in [2.24, 2.45) is 0 Å². The van der Waals surface area contributed by atoms with E-state index in [2.05, 4.69) is 11.8 Å². The number of halogens is 1. The summed E-state index contributed by atoms with van der Waals surface area (Å²) in [7, 11) is 3.43. The van der Waals surface area contributed by atoms with Gasteiger partial charge in [-0.3, -0.25) is 4.90 Å². The number of methoxy groups -OCH3 is 2. The van der Waals surface area contributed by atoms with Gasteiger partial charge in [0.1, 0.15) is 0 Å². The van der Waals surface area contributed by atoms with E-state index in [0.717, 1.165) is 26.3 Å². The van der Waals surface area contributed by atoms with Crippen molar-refractivity contribution in [2.45, 2.75) is 13.0 Å². The molecule has 0 aromatic carbocycles. The van der Waals surface area contributed by atoms with Crippen molar-refractivity contribution in [3.8, 4) is 0 Å². The van der Waals surface area contributed by atoms with E-state index in [1.807, 2.05) is 0 Å². The molecule has 0 spiro atoms. The highest BCUT2D eigenvalue weighted by Crippen LogP contribution is 1.99. The van der Waals surface area contributed by atoms with Crippen LogP contribution in [0.4, 0.5) is 0 Å². The van der Waals surface area contributed by atoms with Gasteiger partial charge in [0.15, 0.2) is 0 Å². The van der Waals surface area contributed by atoms with E-state index >= 15 is 0 Å². The topological polar surface area (TPSA) is 30.9 Å². The predicted octanol–water partition coefficient (Wildman–Crippen LogP) is 1.23. The average Bonchev–Trinajstić information content (AvgIpc) is 2.28. The van der Waals surface area contributed by atoms with Crippen molar-refractivity contribution in [3.05, 3.63) is 0 Å². The van der Waals surface area contributed by atoms with E-state index in [-0.39, 0.29) is 0 Å². The van der Waals surface area contributed by atoms with Gasteiger partial charge in [-0.2, -0.15) is 0 Å². The lowest BCUT2D eigenvalue weighted by atomic mass is 10.3. The van der Waals surface area contributed by atoms with Crippen molar-refractivity contribution in [1.29, 1.82) is 0 Å². The molecule has 0 heterocycles. The summed E-state index contributed by atoms with van der Waals surface area (Å²) in [6.07, 6.45) is 0. The van der Waals surface area contributed by atoms with E-state index in [1.54, 1.807) is 14.2 Å². The van der Waals surface area contributed by atoms with Gasteiger partial charge in [0.05, 0.1) is 26.4 Å². The van der Waals surface area contributed by atoms with Gasteiger partial charge in [-0.1, -0.05) is 0 Å². The molecule has 98 valence electrons.